The van der Waals surface area contributed by atoms with E-state index in [2.05, 4.69) is 5.32 Å². The van der Waals surface area contributed by atoms with Crippen LogP contribution < -0.4 is 5.32 Å². The fourth-order valence-electron chi connectivity index (χ4n) is 4.86. The van der Waals surface area contributed by atoms with Crippen LogP contribution in [-0.2, 0) is 23.9 Å². The van der Waals surface area contributed by atoms with Gasteiger partial charge < -0.3 is 10.1 Å². The van der Waals surface area contributed by atoms with Gasteiger partial charge in [0.05, 0.1) is 29.0 Å². The lowest BCUT2D eigenvalue weighted by Crippen LogP contribution is -2.35. The molecule has 1 aliphatic heterocycles. The van der Waals surface area contributed by atoms with Crippen LogP contribution in [0.2, 0.25) is 5.02 Å². The molecular formula is C20H21ClN2O5. The molecule has 1 saturated heterocycles. The molecule has 8 heteroatoms. The number of halogens is 1. The minimum atomic E-state index is -0.630. The zero-order chi connectivity index (χ0) is 19.8. The molecule has 4 atom stereocenters. The Kier molecular flexibility index (Phi) is 5.10. The molecule has 28 heavy (non-hydrogen) atoms. The highest BCUT2D eigenvalue weighted by Crippen LogP contribution is 2.56. The van der Waals surface area contributed by atoms with Crippen LogP contribution in [-0.4, -0.2) is 41.7 Å². The second-order valence-electron chi connectivity index (χ2n) is 7.65. The van der Waals surface area contributed by atoms with Crippen LogP contribution in [0, 0.1) is 23.7 Å². The molecule has 0 spiro atoms. The quantitative estimate of drug-likeness (QED) is 0.579. The minimum Gasteiger partial charge on any atom is -0.456 e. The number of nitrogens with zero attached hydrogens (tertiary/aromatic N) is 1. The lowest BCUT2D eigenvalue weighted by Gasteiger charge is -2.19. The molecule has 2 saturated carbocycles. The van der Waals surface area contributed by atoms with Crippen LogP contribution in [0.15, 0.2) is 24.3 Å². The van der Waals surface area contributed by atoms with E-state index in [4.69, 9.17) is 16.3 Å². The monoisotopic (exact) mass is 404 g/mol. The number of carbonyl (C=O) groups is 4. The Morgan fingerprint density at radius 3 is 2.39 bits per heavy atom. The smallest absolute Gasteiger partial charge is 0.308 e. The summed E-state index contributed by atoms with van der Waals surface area (Å²) in [5.41, 5.74) is 0.430. The fourth-order valence-corrected chi connectivity index (χ4v) is 5.04. The van der Waals surface area contributed by atoms with Gasteiger partial charge in [0, 0.05) is 6.54 Å². The average molecular weight is 405 g/mol. The summed E-state index contributed by atoms with van der Waals surface area (Å²) in [5.74, 6) is -1.19. The number of esters is 1. The van der Waals surface area contributed by atoms with E-state index in [1.807, 2.05) is 0 Å². The normalized spacial score (nSPS) is 27.8. The molecule has 1 aromatic rings. The molecule has 0 radical (unpaired) electrons. The van der Waals surface area contributed by atoms with Gasteiger partial charge in [0.1, 0.15) is 0 Å². The summed E-state index contributed by atoms with van der Waals surface area (Å²) in [5, 5.41) is 2.94. The summed E-state index contributed by atoms with van der Waals surface area (Å²) < 4.78 is 4.95. The van der Waals surface area contributed by atoms with Crippen molar-refractivity contribution in [2.24, 2.45) is 23.7 Å². The maximum absolute atomic E-state index is 12.6. The molecule has 3 aliphatic rings. The standard InChI is InChI=1S/C20H21ClN2O5/c21-13-3-1-2-4-14(13)22-15(24)10-28-16(25)7-8-23-19(26)17-11-5-6-12(9-11)18(17)20(23)27/h1-4,11-12,17-18H,5-10H2,(H,22,24)/t11-,12-,17-,18+/m0/s1. The molecule has 0 unspecified atom stereocenters. The van der Waals surface area contributed by atoms with E-state index in [0.29, 0.717) is 22.5 Å². The number of nitrogens with one attached hydrogen (secondary N) is 1. The number of amides is 3. The first kappa shape index (κ1) is 18.9. The van der Waals surface area contributed by atoms with Crippen LogP contribution in [0.4, 0.5) is 5.69 Å². The van der Waals surface area contributed by atoms with Crippen molar-refractivity contribution < 1.29 is 23.9 Å². The van der Waals surface area contributed by atoms with Crippen molar-refractivity contribution in [1.82, 2.24) is 4.90 Å². The van der Waals surface area contributed by atoms with E-state index in [1.54, 1.807) is 24.3 Å². The van der Waals surface area contributed by atoms with Gasteiger partial charge in [0.25, 0.3) is 5.91 Å². The summed E-state index contributed by atoms with van der Waals surface area (Å²) in [6.45, 7) is -0.448. The van der Waals surface area contributed by atoms with Gasteiger partial charge in [0.15, 0.2) is 6.61 Å². The van der Waals surface area contributed by atoms with E-state index in [9.17, 15) is 19.2 Å². The van der Waals surface area contributed by atoms with Crippen molar-refractivity contribution in [2.45, 2.75) is 25.7 Å². The molecule has 1 N–H and O–H groups in total. The Hall–Kier alpha value is -2.41. The van der Waals surface area contributed by atoms with Gasteiger partial charge >= 0.3 is 5.97 Å². The van der Waals surface area contributed by atoms with Crippen molar-refractivity contribution in [2.75, 3.05) is 18.5 Å². The van der Waals surface area contributed by atoms with E-state index in [1.165, 1.54) is 4.90 Å². The van der Waals surface area contributed by atoms with Crippen LogP contribution in [0.1, 0.15) is 25.7 Å². The minimum absolute atomic E-state index is 0.00900. The highest BCUT2D eigenvalue weighted by molar-refractivity contribution is 6.33. The topological polar surface area (TPSA) is 92.8 Å². The number of hydrogen-bond acceptors (Lipinski definition) is 5. The third-order valence-corrected chi connectivity index (χ3v) is 6.40. The predicted molar refractivity (Wildman–Crippen MR) is 100 cm³/mol. The zero-order valence-corrected chi connectivity index (χ0v) is 16.0. The molecule has 4 rings (SSSR count). The van der Waals surface area contributed by atoms with Crippen LogP contribution in [0.25, 0.3) is 0 Å². The molecule has 0 aromatic heterocycles. The summed E-state index contributed by atoms with van der Waals surface area (Å²) in [6, 6.07) is 6.73. The predicted octanol–water partition coefficient (Wildman–Crippen LogP) is 2.24. The Morgan fingerprint density at radius 2 is 1.75 bits per heavy atom. The summed E-state index contributed by atoms with van der Waals surface area (Å²) >= 11 is 5.95. The summed E-state index contributed by atoms with van der Waals surface area (Å²) in [6.07, 6.45) is 2.89. The lowest BCUT2D eigenvalue weighted by molar-refractivity contribution is -0.149. The van der Waals surface area contributed by atoms with Crippen LogP contribution >= 0.6 is 11.6 Å². The third kappa shape index (κ3) is 3.39. The first-order valence-electron chi connectivity index (χ1n) is 9.51. The Bertz CT molecular complexity index is 814. The van der Waals surface area contributed by atoms with Gasteiger partial charge in [-0.1, -0.05) is 23.7 Å². The maximum atomic E-state index is 12.6. The molecule has 2 aliphatic carbocycles. The van der Waals surface area contributed by atoms with Crippen LogP contribution in [0.5, 0.6) is 0 Å². The summed E-state index contributed by atoms with van der Waals surface area (Å²) in [7, 11) is 0. The highest BCUT2D eigenvalue weighted by atomic mass is 35.5. The molecule has 1 aromatic carbocycles. The van der Waals surface area contributed by atoms with Gasteiger partial charge in [-0.25, -0.2) is 0 Å². The number of benzene rings is 1. The molecule has 3 fully saturated rings. The maximum Gasteiger partial charge on any atom is 0.308 e. The lowest BCUT2D eigenvalue weighted by atomic mass is 9.81. The molecule has 2 bridgehead atoms. The van der Waals surface area contributed by atoms with Gasteiger partial charge in [-0.2, -0.15) is 0 Å². The number of ether oxygens (including phenoxy) is 1. The van der Waals surface area contributed by atoms with Crippen molar-refractivity contribution in [3.05, 3.63) is 29.3 Å². The first-order valence-corrected chi connectivity index (χ1v) is 9.88. The van der Waals surface area contributed by atoms with Gasteiger partial charge in [-0.3, -0.25) is 24.1 Å². The van der Waals surface area contributed by atoms with E-state index >= 15 is 0 Å². The largest absolute Gasteiger partial charge is 0.456 e. The Labute approximate surface area is 167 Å². The second kappa shape index (κ2) is 7.54. The number of para-hydroxylation sites is 1. The van der Waals surface area contributed by atoms with Gasteiger partial charge in [-0.15, -0.1) is 0 Å². The number of rotatable bonds is 6. The Balaban J connectivity index is 1.24. The zero-order valence-electron chi connectivity index (χ0n) is 15.2. The van der Waals surface area contributed by atoms with Gasteiger partial charge in [0.2, 0.25) is 11.8 Å². The van der Waals surface area contributed by atoms with Crippen LogP contribution in [0.3, 0.4) is 0 Å². The summed E-state index contributed by atoms with van der Waals surface area (Å²) in [4.78, 5) is 50.2. The van der Waals surface area contributed by atoms with Crippen molar-refractivity contribution >= 4 is 41.0 Å². The first-order chi connectivity index (χ1) is 13.5. The number of imide groups is 1. The van der Waals surface area contributed by atoms with Crippen molar-refractivity contribution in [1.29, 1.82) is 0 Å². The number of likely N-dealkylation sites (tertiary alicyclic amines) is 1. The van der Waals surface area contributed by atoms with Crippen molar-refractivity contribution in [3.8, 4) is 0 Å². The number of fused-ring (bicyclic) bond motifs is 5. The number of carbonyl (C=O) groups excluding carboxylic acids is 4. The SMILES string of the molecule is O=C(COC(=O)CCN1C(=O)[C@@H]2[C@H]3CC[C@@H](C3)[C@@H]2C1=O)Nc1ccccc1Cl. The molecular weight excluding hydrogens is 384 g/mol. The number of hydrogen-bond donors (Lipinski definition) is 1. The second-order valence-corrected chi connectivity index (χ2v) is 8.06. The van der Waals surface area contributed by atoms with E-state index < -0.39 is 18.5 Å². The van der Waals surface area contributed by atoms with E-state index in [-0.39, 0.29) is 36.6 Å². The van der Waals surface area contributed by atoms with E-state index in [0.717, 1.165) is 19.3 Å². The number of anilines is 1. The molecule has 3 amide bonds. The molecule has 7 nitrogen and oxygen atoms in total. The third-order valence-electron chi connectivity index (χ3n) is 6.07. The van der Waals surface area contributed by atoms with Gasteiger partial charge in [-0.05, 0) is 43.2 Å². The average Bonchev–Trinajstić information content (AvgIpc) is 3.35. The molecule has 1 heterocycles. The molecule has 148 valence electrons. The fraction of sp³-hybridized carbons (Fsp3) is 0.500. The Morgan fingerprint density at radius 1 is 1.11 bits per heavy atom. The van der Waals surface area contributed by atoms with Crippen molar-refractivity contribution in [3.63, 3.8) is 0 Å². The highest BCUT2D eigenvalue weighted by Gasteiger charge is 2.60.